The normalized spacial score (nSPS) is 25.4. The summed E-state index contributed by atoms with van der Waals surface area (Å²) >= 11 is 2.08. The van der Waals surface area contributed by atoms with Crippen molar-refractivity contribution in [2.24, 2.45) is 4.99 Å². The Labute approximate surface area is 169 Å². The summed E-state index contributed by atoms with van der Waals surface area (Å²) in [6.07, 6.45) is 3.68. The van der Waals surface area contributed by atoms with Crippen LogP contribution in [0.15, 0.2) is 4.99 Å². The highest BCUT2D eigenvalue weighted by atomic mass is 127. The van der Waals surface area contributed by atoms with Crippen molar-refractivity contribution in [1.82, 2.24) is 15.1 Å². The van der Waals surface area contributed by atoms with Crippen LogP contribution in [0.1, 0.15) is 33.1 Å². The van der Waals surface area contributed by atoms with Crippen molar-refractivity contribution < 1.29 is 4.74 Å². The first kappa shape index (κ1) is 22.3. The van der Waals surface area contributed by atoms with Crippen molar-refractivity contribution in [2.45, 2.75) is 38.6 Å². The van der Waals surface area contributed by atoms with Gasteiger partial charge >= 0.3 is 0 Å². The number of rotatable bonds is 7. The van der Waals surface area contributed by atoms with E-state index >= 15 is 0 Å². The average Bonchev–Trinajstić information content (AvgIpc) is 3.07. The minimum Gasteiger partial charge on any atom is -0.379 e. The highest BCUT2D eigenvalue weighted by molar-refractivity contribution is 14.0. The molecule has 0 saturated carbocycles. The molecule has 0 aliphatic carbocycles. The Bertz CT molecular complexity index is 372. The second-order valence-electron chi connectivity index (χ2n) is 6.57. The first-order chi connectivity index (χ1) is 11.2. The maximum Gasteiger partial charge on any atom is 0.193 e. The molecule has 0 spiro atoms. The second-order valence-corrected chi connectivity index (χ2v) is 7.68. The summed E-state index contributed by atoms with van der Waals surface area (Å²) < 4.78 is 5.55. The van der Waals surface area contributed by atoms with E-state index in [1.54, 1.807) is 0 Å². The van der Waals surface area contributed by atoms with E-state index in [0.717, 1.165) is 51.9 Å². The minimum atomic E-state index is 0. The quantitative estimate of drug-likeness (QED) is 0.352. The monoisotopic (exact) mass is 470 g/mol. The number of ether oxygens (including phenoxy) is 1. The lowest BCUT2D eigenvalue weighted by molar-refractivity contribution is -0.0105. The van der Waals surface area contributed by atoms with E-state index in [0.29, 0.717) is 0 Å². The van der Waals surface area contributed by atoms with Crippen LogP contribution >= 0.6 is 35.7 Å². The number of thioether (sulfide) groups is 1. The van der Waals surface area contributed by atoms with E-state index in [4.69, 9.17) is 9.73 Å². The Morgan fingerprint density at radius 2 is 2.08 bits per heavy atom. The standard InChI is InChI=1S/C17H34N4OS.HI/c1-4-6-8-20(3)16(18-5-2)19-14-17(7-13-23-15-17)21-9-11-22-12-10-21;/h4-15H2,1-3H3,(H,18,19);1H. The molecule has 2 saturated heterocycles. The van der Waals surface area contributed by atoms with Gasteiger partial charge in [-0.25, -0.2) is 0 Å². The van der Waals surface area contributed by atoms with Gasteiger partial charge in [-0.05, 0) is 25.5 Å². The Morgan fingerprint density at radius 1 is 1.33 bits per heavy atom. The predicted molar refractivity (Wildman–Crippen MR) is 116 cm³/mol. The molecule has 2 aliphatic heterocycles. The van der Waals surface area contributed by atoms with Gasteiger partial charge in [0.1, 0.15) is 0 Å². The van der Waals surface area contributed by atoms with Crippen molar-refractivity contribution >= 4 is 41.7 Å². The van der Waals surface area contributed by atoms with Gasteiger partial charge in [-0.3, -0.25) is 9.89 Å². The lowest BCUT2D eigenvalue weighted by atomic mass is 9.96. The zero-order valence-corrected chi connectivity index (χ0v) is 18.7. The van der Waals surface area contributed by atoms with Gasteiger partial charge in [0.15, 0.2) is 5.96 Å². The fourth-order valence-corrected chi connectivity index (χ4v) is 4.77. The van der Waals surface area contributed by atoms with E-state index in [-0.39, 0.29) is 29.5 Å². The molecule has 2 fully saturated rings. The molecular weight excluding hydrogens is 435 g/mol. The molecule has 2 heterocycles. The van der Waals surface area contributed by atoms with Crippen molar-refractivity contribution in [3.05, 3.63) is 0 Å². The van der Waals surface area contributed by atoms with Crippen LogP contribution in [0.25, 0.3) is 0 Å². The fourth-order valence-electron chi connectivity index (χ4n) is 3.30. The molecule has 142 valence electrons. The SMILES string of the molecule is CCCCN(C)C(=NCC1(N2CCOCC2)CCSC1)NCC.I. The third kappa shape index (κ3) is 6.21. The lowest BCUT2D eigenvalue weighted by Gasteiger charge is -2.42. The average molecular weight is 470 g/mol. The predicted octanol–water partition coefficient (Wildman–Crippen LogP) is 2.51. The summed E-state index contributed by atoms with van der Waals surface area (Å²) in [5.41, 5.74) is 0.237. The van der Waals surface area contributed by atoms with Crippen molar-refractivity contribution in [1.29, 1.82) is 0 Å². The summed E-state index contributed by atoms with van der Waals surface area (Å²) in [5, 5.41) is 3.46. The van der Waals surface area contributed by atoms with Crippen LogP contribution in [0.4, 0.5) is 0 Å². The number of hydrogen-bond donors (Lipinski definition) is 1. The van der Waals surface area contributed by atoms with E-state index in [2.05, 4.69) is 47.8 Å². The maximum atomic E-state index is 5.55. The van der Waals surface area contributed by atoms with E-state index in [1.807, 2.05) is 0 Å². The van der Waals surface area contributed by atoms with Gasteiger partial charge < -0.3 is 15.0 Å². The summed E-state index contributed by atoms with van der Waals surface area (Å²) in [6.45, 7) is 11.1. The van der Waals surface area contributed by atoms with Crippen LogP contribution in [0.2, 0.25) is 0 Å². The van der Waals surface area contributed by atoms with Gasteiger partial charge in [-0.1, -0.05) is 13.3 Å². The number of unbranched alkanes of at least 4 members (excludes halogenated alkanes) is 1. The first-order valence-corrected chi connectivity index (χ1v) is 10.3. The minimum absolute atomic E-state index is 0. The first-order valence-electron chi connectivity index (χ1n) is 9.12. The van der Waals surface area contributed by atoms with E-state index in [1.165, 1.54) is 30.8 Å². The van der Waals surface area contributed by atoms with Gasteiger partial charge in [-0.15, -0.1) is 24.0 Å². The molecule has 24 heavy (non-hydrogen) atoms. The van der Waals surface area contributed by atoms with Crippen LogP contribution in [-0.2, 0) is 4.74 Å². The molecule has 0 aromatic rings. The molecule has 1 atom stereocenters. The number of morpholine rings is 1. The van der Waals surface area contributed by atoms with Crippen molar-refractivity contribution in [2.75, 3.05) is 64.5 Å². The number of guanidine groups is 1. The Morgan fingerprint density at radius 3 is 2.67 bits per heavy atom. The topological polar surface area (TPSA) is 40.1 Å². The Hall–Kier alpha value is 0.270. The zero-order valence-electron chi connectivity index (χ0n) is 15.6. The molecule has 1 N–H and O–H groups in total. The van der Waals surface area contributed by atoms with Gasteiger partial charge in [0, 0.05) is 39.0 Å². The zero-order chi connectivity index (χ0) is 16.5. The summed E-state index contributed by atoms with van der Waals surface area (Å²) in [5.74, 6) is 3.52. The maximum absolute atomic E-state index is 5.55. The molecular formula is C17H35IN4OS. The number of nitrogens with one attached hydrogen (secondary N) is 1. The molecule has 0 bridgehead atoms. The molecule has 2 aliphatic rings. The van der Waals surface area contributed by atoms with E-state index in [9.17, 15) is 0 Å². The molecule has 0 aromatic carbocycles. The molecule has 0 radical (unpaired) electrons. The number of nitrogens with zero attached hydrogens (tertiary/aromatic N) is 3. The fraction of sp³-hybridized carbons (Fsp3) is 0.941. The summed E-state index contributed by atoms with van der Waals surface area (Å²) in [4.78, 5) is 9.95. The Kier molecular flexibility index (Phi) is 11.0. The van der Waals surface area contributed by atoms with Gasteiger partial charge in [0.05, 0.1) is 25.3 Å². The molecule has 2 rings (SSSR count). The number of aliphatic imine (C=N–C) groups is 1. The summed E-state index contributed by atoms with van der Waals surface area (Å²) in [7, 11) is 2.15. The van der Waals surface area contributed by atoms with E-state index < -0.39 is 0 Å². The third-order valence-electron chi connectivity index (χ3n) is 4.83. The highest BCUT2D eigenvalue weighted by Crippen LogP contribution is 2.34. The van der Waals surface area contributed by atoms with Crippen LogP contribution in [0.5, 0.6) is 0 Å². The van der Waals surface area contributed by atoms with Gasteiger partial charge in [0.2, 0.25) is 0 Å². The lowest BCUT2D eigenvalue weighted by Crippen LogP contribution is -2.56. The molecule has 0 amide bonds. The molecule has 7 heteroatoms. The third-order valence-corrected chi connectivity index (χ3v) is 6.07. The second kappa shape index (κ2) is 11.8. The number of halogens is 1. The van der Waals surface area contributed by atoms with Crippen LogP contribution in [0.3, 0.4) is 0 Å². The highest BCUT2D eigenvalue weighted by Gasteiger charge is 2.40. The van der Waals surface area contributed by atoms with Crippen LogP contribution in [-0.4, -0.2) is 85.8 Å². The Balaban J connectivity index is 0.00000288. The molecule has 0 aromatic heterocycles. The van der Waals surface area contributed by atoms with Crippen molar-refractivity contribution in [3.63, 3.8) is 0 Å². The van der Waals surface area contributed by atoms with Crippen molar-refractivity contribution in [3.8, 4) is 0 Å². The summed E-state index contributed by atoms with van der Waals surface area (Å²) in [6, 6.07) is 0. The van der Waals surface area contributed by atoms with Gasteiger partial charge in [-0.2, -0.15) is 11.8 Å². The van der Waals surface area contributed by atoms with Gasteiger partial charge in [0.25, 0.3) is 0 Å². The molecule has 1 unspecified atom stereocenters. The van der Waals surface area contributed by atoms with Crippen LogP contribution < -0.4 is 5.32 Å². The molecule has 5 nitrogen and oxygen atoms in total. The largest absolute Gasteiger partial charge is 0.379 e. The smallest absolute Gasteiger partial charge is 0.193 e. The van der Waals surface area contributed by atoms with Crippen LogP contribution in [0, 0.1) is 0 Å². The number of hydrogen-bond acceptors (Lipinski definition) is 4.